The van der Waals surface area contributed by atoms with Gasteiger partial charge in [-0.1, -0.05) is 54.6 Å². The van der Waals surface area contributed by atoms with Gasteiger partial charge in [-0.25, -0.2) is 0 Å². The van der Waals surface area contributed by atoms with Crippen LogP contribution in [0.4, 0.5) is 5.69 Å². The van der Waals surface area contributed by atoms with Gasteiger partial charge < -0.3 is 14.4 Å². The zero-order valence-electron chi connectivity index (χ0n) is 19.8. The number of aromatic nitrogens is 1. The first-order chi connectivity index (χ1) is 17.7. The number of carbonyl (C=O) groups excluding carboxylic acids is 1. The minimum Gasteiger partial charge on any atom is -0.368 e. The van der Waals surface area contributed by atoms with Crippen molar-refractivity contribution < 1.29 is 4.79 Å². The predicted octanol–water partition coefficient (Wildman–Crippen LogP) is 4.82. The summed E-state index contributed by atoms with van der Waals surface area (Å²) in [5.74, 6) is -0.239. The van der Waals surface area contributed by atoms with Gasteiger partial charge in [0.1, 0.15) is 11.6 Å². The molecule has 176 valence electrons. The molecule has 1 fully saturated rings. The van der Waals surface area contributed by atoms with Crippen LogP contribution < -0.4 is 4.90 Å². The number of nitrogens with zero attached hydrogens (tertiary/aromatic N) is 5. The van der Waals surface area contributed by atoms with Gasteiger partial charge in [0.25, 0.3) is 5.91 Å². The second-order valence-electron chi connectivity index (χ2n) is 8.78. The van der Waals surface area contributed by atoms with Gasteiger partial charge >= 0.3 is 0 Å². The first-order valence-electron chi connectivity index (χ1n) is 11.9. The van der Waals surface area contributed by atoms with Crippen LogP contribution in [0, 0.1) is 22.7 Å². The van der Waals surface area contributed by atoms with Gasteiger partial charge in [-0.05, 0) is 35.9 Å². The predicted molar refractivity (Wildman–Crippen MR) is 141 cm³/mol. The van der Waals surface area contributed by atoms with E-state index >= 15 is 0 Å². The Hall–Kier alpha value is -4.81. The van der Waals surface area contributed by atoms with Crippen molar-refractivity contribution in [2.45, 2.75) is 6.54 Å². The van der Waals surface area contributed by atoms with Gasteiger partial charge in [0.15, 0.2) is 0 Å². The van der Waals surface area contributed by atoms with Crippen LogP contribution in [0.25, 0.3) is 17.0 Å². The molecule has 1 amide bonds. The van der Waals surface area contributed by atoms with Crippen LogP contribution in [0.2, 0.25) is 0 Å². The van der Waals surface area contributed by atoms with E-state index in [1.54, 1.807) is 11.0 Å². The molecule has 4 aromatic rings. The zero-order chi connectivity index (χ0) is 24.9. The maximum Gasteiger partial charge on any atom is 0.264 e. The first kappa shape index (κ1) is 23.0. The molecular formula is C30H25N5O. The van der Waals surface area contributed by atoms with Gasteiger partial charge in [0.05, 0.1) is 11.6 Å². The van der Waals surface area contributed by atoms with E-state index in [0.717, 1.165) is 40.8 Å². The number of benzene rings is 3. The third-order valence-corrected chi connectivity index (χ3v) is 6.64. The second-order valence-corrected chi connectivity index (χ2v) is 8.78. The van der Waals surface area contributed by atoms with Gasteiger partial charge in [0.2, 0.25) is 0 Å². The van der Waals surface area contributed by atoms with Crippen LogP contribution in [0.15, 0.2) is 90.6 Å². The number of anilines is 1. The Morgan fingerprint density at radius 3 is 2.31 bits per heavy atom. The minimum atomic E-state index is -0.239. The number of amides is 1. The number of piperazine rings is 1. The molecule has 1 aromatic heterocycles. The number of hydrogen-bond acceptors (Lipinski definition) is 4. The fourth-order valence-corrected chi connectivity index (χ4v) is 4.75. The third kappa shape index (κ3) is 4.58. The SMILES string of the molecule is N#C/C(=C/c1cn(Cc2ccccc2C#N)c2ccccc12)C(=O)N1CCN(c2ccccc2)CC1. The van der Waals surface area contributed by atoms with E-state index in [0.29, 0.717) is 25.2 Å². The van der Waals surface area contributed by atoms with E-state index < -0.39 is 0 Å². The van der Waals surface area contributed by atoms with Crippen molar-refractivity contribution in [2.24, 2.45) is 0 Å². The van der Waals surface area contributed by atoms with Crippen molar-refractivity contribution in [1.29, 1.82) is 10.5 Å². The Bertz CT molecular complexity index is 1510. The van der Waals surface area contributed by atoms with Crippen LogP contribution in [0.5, 0.6) is 0 Å². The van der Waals surface area contributed by atoms with E-state index in [2.05, 4.69) is 33.7 Å². The molecule has 0 spiro atoms. The molecule has 0 radical (unpaired) electrons. The lowest BCUT2D eigenvalue weighted by Crippen LogP contribution is -2.49. The summed E-state index contributed by atoms with van der Waals surface area (Å²) in [5.41, 5.74) is 4.62. The molecule has 5 rings (SSSR count). The lowest BCUT2D eigenvalue weighted by Gasteiger charge is -2.36. The van der Waals surface area contributed by atoms with Gasteiger partial charge in [-0.15, -0.1) is 0 Å². The lowest BCUT2D eigenvalue weighted by molar-refractivity contribution is -0.126. The molecule has 1 saturated heterocycles. The number of fused-ring (bicyclic) bond motifs is 1. The number of carbonyl (C=O) groups is 1. The van der Waals surface area contributed by atoms with E-state index in [-0.39, 0.29) is 11.5 Å². The average Bonchev–Trinajstić information content (AvgIpc) is 3.29. The van der Waals surface area contributed by atoms with Gasteiger partial charge in [-0.2, -0.15) is 10.5 Å². The van der Waals surface area contributed by atoms with E-state index in [9.17, 15) is 15.3 Å². The fourth-order valence-electron chi connectivity index (χ4n) is 4.75. The van der Waals surface area contributed by atoms with Crippen molar-refractivity contribution in [1.82, 2.24) is 9.47 Å². The molecule has 0 bridgehead atoms. The number of para-hydroxylation sites is 2. The monoisotopic (exact) mass is 471 g/mol. The minimum absolute atomic E-state index is 0.128. The molecule has 0 saturated carbocycles. The molecule has 0 aliphatic carbocycles. The molecule has 0 atom stereocenters. The largest absolute Gasteiger partial charge is 0.368 e. The Labute approximate surface area is 210 Å². The fraction of sp³-hybridized carbons (Fsp3) is 0.167. The van der Waals surface area contributed by atoms with Crippen LogP contribution in [-0.2, 0) is 11.3 Å². The molecule has 0 N–H and O–H groups in total. The van der Waals surface area contributed by atoms with E-state index in [1.165, 1.54) is 0 Å². The highest BCUT2D eigenvalue weighted by molar-refractivity contribution is 6.04. The smallest absolute Gasteiger partial charge is 0.264 e. The topological polar surface area (TPSA) is 76.1 Å². The number of nitriles is 2. The summed E-state index contributed by atoms with van der Waals surface area (Å²) in [6.45, 7) is 3.12. The average molecular weight is 472 g/mol. The van der Waals surface area contributed by atoms with Crippen LogP contribution in [0.3, 0.4) is 0 Å². The van der Waals surface area contributed by atoms with E-state index in [1.807, 2.05) is 72.9 Å². The zero-order valence-corrected chi connectivity index (χ0v) is 19.8. The van der Waals surface area contributed by atoms with Crippen molar-refractivity contribution in [2.75, 3.05) is 31.1 Å². The Morgan fingerprint density at radius 2 is 1.56 bits per heavy atom. The van der Waals surface area contributed by atoms with Crippen molar-refractivity contribution >= 4 is 28.6 Å². The summed E-state index contributed by atoms with van der Waals surface area (Å²) in [5, 5.41) is 20.3. The highest BCUT2D eigenvalue weighted by Gasteiger charge is 2.24. The highest BCUT2D eigenvalue weighted by atomic mass is 16.2. The summed E-state index contributed by atoms with van der Waals surface area (Å²) in [6.07, 6.45) is 3.65. The van der Waals surface area contributed by atoms with Crippen LogP contribution >= 0.6 is 0 Å². The molecule has 6 nitrogen and oxygen atoms in total. The Balaban J connectivity index is 1.39. The van der Waals surface area contributed by atoms with E-state index in [4.69, 9.17) is 0 Å². The molecule has 0 unspecified atom stereocenters. The molecule has 3 aromatic carbocycles. The number of rotatable bonds is 5. The maximum absolute atomic E-state index is 13.3. The van der Waals surface area contributed by atoms with Crippen molar-refractivity contribution in [3.05, 3.63) is 107 Å². The summed E-state index contributed by atoms with van der Waals surface area (Å²) >= 11 is 0. The maximum atomic E-state index is 13.3. The second kappa shape index (κ2) is 10.2. The molecule has 1 aliphatic heterocycles. The molecule has 36 heavy (non-hydrogen) atoms. The third-order valence-electron chi connectivity index (χ3n) is 6.64. The lowest BCUT2D eigenvalue weighted by atomic mass is 10.1. The Morgan fingerprint density at radius 1 is 0.861 bits per heavy atom. The highest BCUT2D eigenvalue weighted by Crippen LogP contribution is 2.26. The summed E-state index contributed by atoms with van der Waals surface area (Å²) in [4.78, 5) is 17.3. The van der Waals surface area contributed by atoms with Crippen LogP contribution in [0.1, 0.15) is 16.7 Å². The van der Waals surface area contributed by atoms with Crippen LogP contribution in [-0.4, -0.2) is 41.6 Å². The van der Waals surface area contributed by atoms with Gasteiger partial charge in [-0.3, -0.25) is 4.79 Å². The summed E-state index contributed by atoms with van der Waals surface area (Å²) in [6, 6.07) is 30.0. The normalized spacial score (nSPS) is 13.9. The Kier molecular flexibility index (Phi) is 6.51. The summed E-state index contributed by atoms with van der Waals surface area (Å²) < 4.78 is 2.06. The first-order valence-corrected chi connectivity index (χ1v) is 11.9. The van der Waals surface area contributed by atoms with Crippen molar-refractivity contribution in [3.63, 3.8) is 0 Å². The number of hydrogen-bond donors (Lipinski definition) is 0. The molecular weight excluding hydrogens is 446 g/mol. The quantitative estimate of drug-likeness (QED) is 0.309. The standard InChI is InChI=1S/C30H25N5O/c31-19-23-8-4-5-9-24(23)21-35-22-26(28-12-6-7-13-29(28)35)18-25(20-32)30(36)34-16-14-33(15-17-34)27-10-2-1-3-11-27/h1-13,18,22H,14-17,21H2/b25-18-. The summed E-state index contributed by atoms with van der Waals surface area (Å²) in [7, 11) is 0. The molecule has 2 heterocycles. The van der Waals surface area contributed by atoms with Gasteiger partial charge in [0, 0.05) is 61.1 Å². The molecule has 1 aliphatic rings. The molecule has 6 heteroatoms. The van der Waals surface area contributed by atoms with Crippen molar-refractivity contribution in [3.8, 4) is 12.1 Å².